The summed E-state index contributed by atoms with van der Waals surface area (Å²) in [5.74, 6) is -0.196. The lowest BCUT2D eigenvalue weighted by atomic mass is 10.1. The first kappa shape index (κ1) is 15.0. The minimum absolute atomic E-state index is 0.0926. The summed E-state index contributed by atoms with van der Waals surface area (Å²) in [6.07, 6.45) is 0. The Morgan fingerprint density at radius 2 is 1.96 bits per heavy atom. The van der Waals surface area contributed by atoms with Gasteiger partial charge in [0.15, 0.2) is 11.4 Å². The van der Waals surface area contributed by atoms with E-state index in [-0.39, 0.29) is 22.9 Å². The first-order valence-corrected chi connectivity index (χ1v) is 7.01. The molecule has 0 unspecified atom stereocenters. The van der Waals surface area contributed by atoms with E-state index in [2.05, 4.69) is 15.2 Å². The number of aromatic amines is 1. The normalized spacial score (nSPS) is 11.4. The molecule has 0 radical (unpaired) electrons. The summed E-state index contributed by atoms with van der Waals surface area (Å²) in [5, 5.41) is 29.8. The number of nitrogens with one attached hydrogen (secondary N) is 1. The average Bonchev–Trinajstić information content (AvgIpc) is 2.87. The van der Waals surface area contributed by atoms with Crippen LogP contribution in [0.5, 0.6) is 5.88 Å². The molecule has 1 heterocycles. The predicted octanol–water partition coefficient (Wildman–Crippen LogP) is 5.16. The number of azo groups is 1. The molecule has 23 heavy (non-hydrogen) atoms. The molecule has 3 rings (SSSR count). The maximum Gasteiger partial charge on any atom is 0.296 e. The van der Waals surface area contributed by atoms with Gasteiger partial charge in [0.25, 0.3) is 5.69 Å². The molecule has 2 N–H and O–H groups in total. The fourth-order valence-electron chi connectivity index (χ4n) is 2.27. The second-order valence-corrected chi connectivity index (χ2v) is 5.29. The lowest BCUT2D eigenvalue weighted by Crippen LogP contribution is -1.86. The highest BCUT2D eigenvalue weighted by Crippen LogP contribution is 2.41. The molecule has 0 amide bonds. The van der Waals surface area contributed by atoms with Crippen LogP contribution in [0.1, 0.15) is 5.56 Å². The molecule has 0 spiro atoms. The van der Waals surface area contributed by atoms with Crippen molar-refractivity contribution in [1.82, 2.24) is 4.98 Å². The summed E-state index contributed by atoms with van der Waals surface area (Å²) < 4.78 is 0. The highest BCUT2D eigenvalue weighted by atomic mass is 35.5. The van der Waals surface area contributed by atoms with Crippen LogP contribution >= 0.6 is 11.6 Å². The molecule has 1 aromatic heterocycles. The molecule has 116 valence electrons. The van der Waals surface area contributed by atoms with Crippen molar-refractivity contribution in [2.24, 2.45) is 10.2 Å². The molecule has 7 nitrogen and oxygen atoms in total. The highest BCUT2D eigenvalue weighted by molar-refractivity contribution is 6.36. The molecule has 0 atom stereocenters. The Morgan fingerprint density at radius 1 is 1.22 bits per heavy atom. The number of nitro groups is 1. The van der Waals surface area contributed by atoms with Crippen LogP contribution in [0.3, 0.4) is 0 Å². The van der Waals surface area contributed by atoms with Crippen LogP contribution in [0.2, 0.25) is 5.02 Å². The van der Waals surface area contributed by atoms with Gasteiger partial charge in [0.2, 0.25) is 5.88 Å². The molecule has 3 aromatic rings. The van der Waals surface area contributed by atoms with Crippen LogP contribution in [0, 0.1) is 17.0 Å². The Labute approximate surface area is 135 Å². The summed E-state index contributed by atoms with van der Waals surface area (Å²) in [6.45, 7) is 1.86. The maximum atomic E-state index is 11.0. The van der Waals surface area contributed by atoms with E-state index < -0.39 is 4.92 Å². The number of aromatic nitrogens is 1. The number of hydrogen-bond acceptors (Lipinski definition) is 5. The van der Waals surface area contributed by atoms with Gasteiger partial charge in [-0.3, -0.25) is 10.1 Å². The number of para-hydroxylation sites is 1. The Balaban J connectivity index is 2.15. The van der Waals surface area contributed by atoms with E-state index in [0.29, 0.717) is 15.9 Å². The quantitative estimate of drug-likeness (QED) is 0.393. The van der Waals surface area contributed by atoms with Gasteiger partial charge in [0.1, 0.15) is 0 Å². The summed E-state index contributed by atoms with van der Waals surface area (Å²) >= 11 is 6.17. The van der Waals surface area contributed by atoms with Gasteiger partial charge in [-0.15, -0.1) is 10.2 Å². The van der Waals surface area contributed by atoms with Gasteiger partial charge in [-0.2, -0.15) is 0 Å². The molecule has 0 aliphatic rings. The van der Waals surface area contributed by atoms with Gasteiger partial charge in [-0.1, -0.05) is 29.8 Å². The Morgan fingerprint density at radius 3 is 2.70 bits per heavy atom. The maximum absolute atomic E-state index is 11.0. The summed E-state index contributed by atoms with van der Waals surface area (Å²) in [7, 11) is 0. The van der Waals surface area contributed by atoms with E-state index in [1.54, 1.807) is 18.2 Å². The fraction of sp³-hybridized carbons (Fsp3) is 0.0667. The van der Waals surface area contributed by atoms with E-state index >= 15 is 0 Å². The van der Waals surface area contributed by atoms with E-state index in [1.807, 2.05) is 13.0 Å². The highest BCUT2D eigenvalue weighted by Gasteiger charge is 2.16. The van der Waals surface area contributed by atoms with E-state index in [9.17, 15) is 15.2 Å². The van der Waals surface area contributed by atoms with Gasteiger partial charge >= 0.3 is 0 Å². The number of nitrogens with zero attached hydrogens (tertiary/aromatic N) is 3. The number of benzene rings is 2. The van der Waals surface area contributed by atoms with Crippen molar-refractivity contribution in [2.75, 3.05) is 0 Å². The summed E-state index contributed by atoms with van der Waals surface area (Å²) in [6, 6.07) is 9.47. The third-order valence-corrected chi connectivity index (χ3v) is 3.72. The number of aromatic hydroxyl groups is 1. The van der Waals surface area contributed by atoms with Crippen LogP contribution in [-0.4, -0.2) is 15.0 Å². The van der Waals surface area contributed by atoms with Crippen molar-refractivity contribution >= 4 is 39.6 Å². The summed E-state index contributed by atoms with van der Waals surface area (Å²) in [5.41, 5.74) is 1.60. The minimum atomic E-state index is -0.541. The second kappa shape index (κ2) is 5.69. The van der Waals surface area contributed by atoms with Gasteiger partial charge < -0.3 is 10.1 Å². The van der Waals surface area contributed by atoms with Crippen LogP contribution in [0.4, 0.5) is 17.1 Å². The molecule has 0 aliphatic heterocycles. The molecule has 0 aliphatic carbocycles. The van der Waals surface area contributed by atoms with Crippen LogP contribution in [0.15, 0.2) is 46.6 Å². The number of rotatable bonds is 3. The molecule has 0 fully saturated rings. The van der Waals surface area contributed by atoms with Crippen molar-refractivity contribution in [1.29, 1.82) is 0 Å². The fourth-order valence-corrected chi connectivity index (χ4v) is 2.52. The third-order valence-electron chi connectivity index (χ3n) is 3.40. The van der Waals surface area contributed by atoms with Crippen LogP contribution < -0.4 is 0 Å². The lowest BCUT2D eigenvalue weighted by molar-refractivity contribution is -0.384. The van der Waals surface area contributed by atoms with E-state index in [0.717, 1.165) is 5.56 Å². The van der Waals surface area contributed by atoms with E-state index in [1.165, 1.54) is 12.1 Å². The number of aryl methyl sites for hydroxylation is 1. The molecule has 0 saturated heterocycles. The largest absolute Gasteiger partial charge is 0.493 e. The van der Waals surface area contributed by atoms with Gasteiger partial charge in [-0.05, 0) is 24.6 Å². The Hall–Kier alpha value is -2.93. The Bertz CT molecular complexity index is 949. The number of H-pyrrole nitrogens is 1. The lowest BCUT2D eigenvalue weighted by Gasteiger charge is -1.99. The van der Waals surface area contributed by atoms with Crippen molar-refractivity contribution in [3.05, 3.63) is 57.1 Å². The van der Waals surface area contributed by atoms with Crippen molar-refractivity contribution in [3.8, 4) is 5.88 Å². The molecular weight excluding hydrogens is 320 g/mol. The van der Waals surface area contributed by atoms with Crippen LogP contribution in [-0.2, 0) is 0 Å². The topological polar surface area (TPSA) is 104 Å². The zero-order valence-electron chi connectivity index (χ0n) is 11.9. The van der Waals surface area contributed by atoms with Crippen molar-refractivity contribution < 1.29 is 10.0 Å². The average molecular weight is 331 g/mol. The first-order chi connectivity index (χ1) is 11.0. The summed E-state index contributed by atoms with van der Waals surface area (Å²) in [4.78, 5) is 13.2. The van der Waals surface area contributed by atoms with Gasteiger partial charge in [0.05, 0.1) is 20.8 Å². The number of fused-ring (bicyclic) bond motifs is 1. The van der Waals surface area contributed by atoms with Gasteiger partial charge in [0, 0.05) is 6.07 Å². The zero-order valence-corrected chi connectivity index (χ0v) is 12.7. The standard InChI is InChI=1S/C15H11ClN4O3/c1-8-6-7-9(16)12-13(8)17-15(21)14(12)19-18-10-4-2-3-5-11(10)20(22)23/h2-7,17,21H,1H3. The first-order valence-electron chi connectivity index (χ1n) is 6.64. The zero-order chi connectivity index (χ0) is 16.6. The number of halogens is 1. The van der Waals surface area contributed by atoms with Gasteiger partial charge in [-0.25, -0.2) is 0 Å². The second-order valence-electron chi connectivity index (χ2n) is 4.88. The van der Waals surface area contributed by atoms with Crippen molar-refractivity contribution in [2.45, 2.75) is 6.92 Å². The van der Waals surface area contributed by atoms with Crippen LogP contribution in [0.25, 0.3) is 10.9 Å². The van der Waals surface area contributed by atoms with E-state index in [4.69, 9.17) is 11.6 Å². The third kappa shape index (κ3) is 2.62. The molecular formula is C15H11ClN4O3. The number of nitro benzene ring substituents is 1. The molecule has 0 saturated carbocycles. The smallest absolute Gasteiger partial charge is 0.296 e. The SMILES string of the molecule is Cc1ccc(Cl)c2c(N=Nc3ccccc3[N+](=O)[O-])c(O)[nH]c12. The minimum Gasteiger partial charge on any atom is -0.493 e. The molecule has 8 heteroatoms. The number of hydrogen-bond donors (Lipinski definition) is 2. The Kier molecular flexibility index (Phi) is 3.71. The monoisotopic (exact) mass is 330 g/mol. The molecule has 2 aromatic carbocycles. The van der Waals surface area contributed by atoms with Crippen molar-refractivity contribution in [3.63, 3.8) is 0 Å². The molecule has 0 bridgehead atoms. The predicted molar refractivity (Wildman–Crippen MR) is 87.0 cm³/mol.